The molecule has 0 aromatic heterocycles. The molecule has 0 spiro atoms. The van der Waals surface area contributed by atoms with Gasteiger partial charge in [-0.15, -0.1) is 0 Å². The van der Waals surface area contributed by atoms with E-state index in [1.165, 1.54) is 0 Å². The van der Waals surface area contributed by atoms with Gasteiger partial charge in [0.25, 0.3) is 7.82 Å². The largest absolute Gasteiger partial charge is 1.00 e. The predicted molar refractivity (Wildman–Crippen MR) is 96.9 cm³/mol. The van der Waals surface area contributed by atoms with E-state index < -0.39 is 14.0 Å². The fourth-order valence-electron chi connectivity index (χ4n) is 0. The minimum atomic E-state index is -4.89. The third-order valence-corrected chi connectivity index (χ3v) is 0. The monoisotopic (exact) mass is 622 g/mol. The maximum absolute atomic E-state index is 8.77. The zero-order valence-electron chi connectivity index (χ0n) is 17.9. The molecule has 0 aromatic carbocycles. The Labute approximate surface area is 255 Å². The Hall–Kier alpha value is 1.50. The molecule has 0 atom stereocenters. The van der Waals surface area contributed by atoms with Gasteiger partial charge in [-0.25, -0.2) is 0 Å². The van der Waals surface area contributed by atoms with Crippen LogP contribution in [0.4, 0.5) is 4.79 Å². The number of phosphoric acid groups is 1. The van der Waals surface area contributed by atoms with Crippen LogP contribution in [0, 0.1) is 0 Å². The predicted octanol–water partition coefficient (Wildman–Crippen LogP) is -31.1. The third kappa shape index (κ3) is 15700. The van der Waals surface area contributed by atoms with E-state index in [9.17, 15) is 0 Å². The van der Waals surface area contributed by atoms with Gasteiger partial charge in [0.05, 0.1) is 0 Å². The molecule has 29 nitrogen and oxygen atoms in total. The molecule has 0 saturated carbocycles. The van der Waals surface area contributed by atoms with Crippen molar-refractivity contribution in [1.29, 1.82) is 0 Å². The van der Waals surface area contributed by atoms with Crippen molar-refractivity contribution in [2.45, 2.75) is 0 Å². The molecular formula is CH46Na3O29P. The second-order valence-corrected chi connectivity index (χ2v) is 1.72. The molecule has 46 N–H and O–H groups in total. The zero-order valence-corrected chi connectivity index (χ0v) is 24.8. The molecule has 33 heteroatoms. The SMILES string of the molecule is O.O.O.O.O.O.O.O.O.O.O.O.O.O.O.O.O.O.O.O.O.O.O=C([O-])[O-].O=P([O-])(O)O.[Na+].[Na+].[Na+]. The topological polar surface area (TPSA) is 837 Å². The van der Waals surface area contributed by atoms with Crippen molar-refractivity contribution < 1.29 is 243 Å². The first-order valence-corrected chi connectivity index (χ1v) is 2.91. The van der Waals surface area contributed by atoms with Gasteiger partial charge in [-0.05, 0) is 6.16 Å². The fourth-order valence-corrected chi connectivity index (χ4v) is 0. The smallest absolute Gasteiger partial charge is 0.756 e. The minimum Gasteiger partial charge on any atom is -0.756 e. The average molecular weight is 622 g/mol. The van der Waals surface area contributed by atoms with E-state index in [1.807, 2.05) is 0 Å². The van der Waals surface area contributed by atoms with Crippen molar-refractivity contribution in [2.75, 3.05) is 0 Å². The van der Waals surface area contributed by atoms with Crippen LogP contribution in [0.3, 0.4) is 0 Å². The molecule has 0 heterocycles. The average Bonchev–Trinajstić information content (AvgIpc) is 1.19. The van der Waals surface area contributed by atoms with E-state index in [2.05, 4.69) is 0 Å². The van der Waals surface area contributed by atoms with Gasteiger partial charge in [-0.1, -0.05) is 0 Å². The van der Waals surface area contributed by atoms with Crippen LogP contribution < -0.4 is 104 Å². The maximum Gasteiger partial charge on any atom is 1.00 e. The van der Waals surface area contributed by atoms with Crippen molar-refractivity contribution in [3.8, 4) is 0 Å². The number of carboxylic acid groups (broad SMARTS) is 2. The number of hydrogen-bond acceptors (Lipinski definition) is 5. The first kappa shape index (κ1) is 585. The molecule has 0 aliphatic carbocycles. The summed E-state index contributed by atoms with van der Waals surface area (Å²) in [4.78, 5) is 31.3. The molecule has 0 saturated heterocycles. The van der Waals surface area contributed by atoms with Crippen molar-refractivity contribution in [2.24, 2.45) is 0 Å². The van der Waals surface area contributed by atoms with Gasteiger partial charge in [-0.2, -0.15) is 0 Å². The Morgan fingerprint density at radius 2 is 0.412 bits per heavy atom. The molecule has 0 amide bonds. The molecule has 0 aliphatic rings. The van der Waals surface area contributed by atoms with Crippen LogP contribution in [0.5, 0.6) is 0 Å². The summed E-state index contributed by atoms with van der Waals surface area (Å²) in [7, 11) is -4.89. The van der Waals surface area contributed by atoms with Crippen LogP contribution in [-0.4, -0.2) is 136 Å². The first-order valence-electron chi connectivity index (χ1n) is 1.38. The summed E-state index contributed by atoms with van der Waals surface area (Å²) in [5.74, 6) is 0. The van der Waals surface area contributed by atoms with Crippen molar-refractivity contribution in [3.63, 3.8) is 0 Å². The normalized spacial score (nSPS) is 2.44. The Kier molecular flexibility index (Phi) is 6040. The quantitative estimate of drug-likeness (QED) is 0.194. The van der Waals surface area contributed by atoms with E-state index in [0.29, 0.717) is 0 Å². The Bertz CT molecular complexity index is 127. The summed E-state index contributed by atoms with van der Waals surface area (Å²) < 4.78 is 8.77. The number of carbonyl (C=O) groups excluding carboxylic acids is 1. The molecule has 0 bridgehead atoms. The number of rotatable bonds is 0. The van der Waals surface area contributed by atoms with Crippen LogP contribution in [0.15, 0.2) is 0 Å². The molecule has 0 aliphatic heterocycles. The second-order valence-electron chi connectivity index (χ2n) is 0.741. The number of carbonyl (C=O) groups is 1. The van der Waals surface area contributed by atoms with E-state index in [0.717, 1.165) is 0 Å². The molecule has 0 radical (unpaired) electrons. The van der Waals surface area contributed by atoms with E-state index >= 15 is 0 Å². The molecule has 0 fully saturated rings. The Morgan fingerprint density at radius 3 is 0.412 bits per heavy atom. The standard InChI is InChI=1S/CH2O3.3Na.H3O4P.22H2O/c2-1(3)4;;;;1-5(2,3)4;;;;;;;;;;;;;;;;;;;;;;/h(H2,2,3,4);;;;(H3,1,2,3,4);22*1H2/q;3*+1;;;;;;;;;;;;;;;;;;;;;;;/p-3. The van der Waals surface area contributed by atoms with Gasteiger partial charge in [0.1, 0.15) is 0 Å². The third-order valence-electron chi connectivity index (χ3n) is 0. The molecular weight excluding hydrogens is 576 g/mol. The van der Waals surface area contributed by atoms with Crippen LogP contribution >= 0.6 is 7.82 Å². The van der Waals surface area contributed by atoms with Crippen molar-refractivity contribution in [3.05, 3.63) is 0 Å². The van der Waals surface area contributed by atoms with Crippen LogP contribution in [0.1, 0.15) is 0 Å². The number of hydrogen-bond donors (Lipinski definition) is 2. The van der Waals surface area contributed by atoms with E-state index in [4.69, 9.17) is 34.3 Å². The van der Waals surface area contributed by atoms with Crippen LogP contribution in [0.25, 0.3) is 0 Å². The van der Waals surface area contributed by atoms with Gasteiger partial charge in [-0.3, -0.25) is 4.57 Å². The van der Waals surface area contributed by atoms with Gasteiger partial charge in [0, 0.05) is 0 Å². The summed E-state index contributed by atoms with van der Waals surface area (Å²) in [6.45, 7) is 0. The van der Waals surface area contributed by atoms with E-state index in [-0.39, 0.29) is 209 Å². The summed E-state index contributed by atoms with van der Waals surface area (Å²) >= 11 is 0. The Balaban J connectivity index is -0.000000000666. The second kappa shape index (κ2) is 351. The van der Waals surface area contributed by atoms with Crippen LogP contribution in [0.2, 0.25) is 0 Å². The van der Waals surface area contributed by atoms with Crippen molar-refractivity contribution >= 4 is 14.0 Å². The van der Waals surface area contributed by atoms with E-state index in [1.54, 1.807) is 0 Å². The minimum absolute atomic E-state index is 0. The summed E-state index contributed by atoms with van der Waals surface area (Å²) in [6.07, 6.45) is -2.33. The molecule has 0 aromatic rings. The molecule has 232 valence electrons. The van der Waals surface area contributed by atoms with Crippen LogP contribution in [-0.2, 0) is 4.57 Å². The maximum atomic E-state index is 8.77. The van der Waals surface area contributed by atoms with Gasteiger partial charge in [0.15, 0.2) is 0 Å². The van der Waals surface area contributed by atoms with Gasteiger partial charge >= 0.3 is 88.7 Å². The fraction of sp³-hybridized carbons (Fsp3) is 0. The first-order chi connectivity index (χ1) is 3.73. The zero-order chi connectivity index (χ0) is 8.08. The molecule has 0 rings (SSSR count). The van der Waals surface area contributed by atoms with Crippen molar-refractivity contribution in [1.82, 2.24) is 0 Å². The van der Waals surface area contributed by atoms with Gasteiger partial charge < -0.3 is 150 Å². The Morgan fingerprint density at radius 1 is 0.412 bits per heavy atom. The van der Waals surface area contributed by atoms with Gasteiger partial charge in [0.2, 0.25) is 0 Å². The summed E-state index contributed by atoms with van der Waals surface area (Å²) in [5.41, 5.74) is 0. The molecule has 34 heavy (non-hydrogen) atoms. The molecule has 0 unspecified atom stereocenters. The summed E-state index contributed by atoms with van der Waals surface area (Å²) in [6, 6.07) is 0. The summed E-state index contributed by atoms with van der Waals surface area (Å²) in [5, 5.41) is 16.7.